The Morgan fingerprint density at radius 2 is 2.06 bits per heavy atom. The van der Waals surface area contributed by atoms with Crippen LogP contribution < -0.4 is 10.5 Å². The van der Waals surface area contributed by atoms with E-state index in [0.29, 0.717) is 18.2 Å². The summed E-state index contributed by atoms with van der Waals surface area (Å²) in [4.78, 5) is 2.42. The van der Waals surface area contributed by atoms with E-state index < -0.39 is 0 Å². The van der Waals surface area contributed by atoms with E-state index in [9.17, 15) is 0 Å². The number of nitrogens with zero attached hydrogens (tertiary/aromatic N) is 3. The molecular formula is C11H20N4O. The number of nitrogens with two attached hydrogens (primary N) is 1. The zero-order valence-electron chi connectivity index (χ0n) is 10.1. The van der Waals surface area contributed by atoms with E-state index in [1.807, 2.05) is 14.0 Å². The topological polar surface area (TPSA) is 56.3 Å². The molecule has 1 aliphatic rings. The van der Waals surface area contributed by atoms with Crippen molar-refractivity contribution in [1.29, 1.82) is 0 Å². The molecule has 0 aromatic carbocycles. The summed E-state index contributed by atoms with van der Waals surface area (Å²) in [5.74, 6) is 0.691. The minimum atomic E-state index is 0.656. The van der Waals surface area contributed by atoms with Gasteiger partial charge in [0.2, 0.25) is 5.88 Å². The SMILES string of the molecule is Cc1nn(C)c(OCCN2CCCC2)c1N. The predicted octanol–water partition coefficient (Wildman–Crippen LogP) is 0.785. The summed E-state index contributed by atoms with van der Waals surface area (Å²) < 4.78 is 7.39. The molecule has 0 radical (unpaired) electrons. The van der Waals surface area contributed by atoms with Crippen LogP contribution in [-0.2, 0) is 7.05 Å². The number of nitrogen functional groups attached to an aromatic ring is 1. The third-order valence-electron chi connectivity index (χ3n) is 3.06. The standard InChI is InChI=1S/C11H20N4O/c1-9-10(12)11(14(2)13-9)16-8-7-15-5-3-4-6-15/h3-8,12H2,1-2H3. The summed E-state index contributed by atoms with van der Waals surface area (Å²) in [5.41, 5.74) is 7.36. The van der Waals surface area contributed by atoms with Gasteiger partial charge in [-0.3, -0.25) is 4.90 Å². The van der Waals surface area contributed by atoms with Crippen LogP contribution in [0.15, 0.2) is 0 Å². The van der Waals surface area contributed by atoms with Crippen molar-refractivity contribution in [2.75, 3.05) is 32.0 Å². The van der Waals surface area contributed by atoms with Crippen molar-refractivity contribution in [3.63, 3.8) is 0 Å². The first kappa shape index (κ1) is 11.3. The molecule has 1 fully saturated rings. The van der Waals surface area contributed by atoms with Gasteiger partial charge >= 0.3 is 0 Å². The first-order chi connectivity index (χ1) is 7.68. The van der Waals surface area contributed by atoms with Crippen molar-refractivity contribution in [1.82, 2.24) is 14.7 Å². The zero-order valence-corrected chi connectivity index (χ0v) is 10.1. The Morgan fingerprint density at radius 1 is 1.38 bits per heavy atom. The summed E-state index contributed by atoms with van der Waals surface area (Å²) in [6.45, 7) is 5.95. The number of anilines is 1. The summed E-state index contributed by atoms with van der Waals surface area (Å²) in [7, 11) is 1.86. The lowest BCUT2D eigenvalue weighted by Crippen LogP contribution is -2.25. The van der Waals surface area contributed by atoms with Crippen LogP contribution in [-0.4, -0.2) is 40.9 Å². The van der Waals surface area contributed by atoms with E-state index in [1.54, 1.807) is 4.68 Å². The Kier molecular flexibility index (Phi) is 3.33. The van der Waals surface area contributed by atoms with Crippen molar-refractivity contribution >= 4 is 5.69 Å². The molecule has 0 amide bonds. The lowest BCUT2D eigenvalue weighted by molar-refractivity contribution is 0.226. The minimum absolute atomic E-state index is 0.656. The Labute approximate surface area is 96.2 Å². The normalized spacial score (nSPS) is 16.9. The highest BCUT2D eigenvalue weighted by Crippen LogP contribution is 2.23. The van der Waals surface area contributed by atoms with Gasteiger partial charge in [0.05, 0.1) is 5.69 Å². The number of hydrogen-bond donors (Lipinski definition) is 1. The average molecular weight is 224 g/mol. The summed E-state index contributed by atoms with van der Waals surface area (Å²) in [5, 5.41) is 4.21. The molecule has 1 aliphatic heterocycles. The van der Waals surface area contributed by atoms with Gasteiger partial charge in [0, 0.05) is 13.6 Å². The van der Waals surface area contributed by atoms with E-state index in [0.717, 1.165) is 12.2 Å². The second-order valence-corrected chi connectivity index (χ2v) is 4.33. The van der Waals surface area contributed by atoms with E-state index in [4.69, 9.17) is 10.5 Å². The van der Waals surface area contributed by atoms with Crippen molar-refractivity contribution in [3.05, 3.63) is 5.69 Å². The molecule has 90 valence electrons. The molecule has 2 rings (SSSR count). The molecule has 0 bridgehead atoms. The van der Waals surface area contributed by atoms with Crippen molar-refractivity contribution in [3.8, 4) is 5.88 Å². The molecule has 1 aromatic rings. The van der Waals surface area contributed by atoms with Crippen LogP contribution in [0.3, 0.4) is 0 Å². The second-order valence-electron chi connectivity index (χ2n) is 4.33. The first-order valence-corrected chi connectivity index (χ1v) is 5.82. The molecule has 5 heteroatoms. The third kappa shape index (κ3) is 2.29. The Morgan fingerprint density at radius 3 is 2.62 bits per heavy atom. The molecule has 0 atom stereocenters. The van der Waals surface area contributed by atoms with E-state index in [2.05, 4.69) is 10.00 Å². The van der Waals surface area contributed by atoms with Crippen molar-refractivity contribution in [2.24, 2.45) is 7.05 Å². The molecule has 1 aromatic heterocycles. The maximum absolute atomic E-state index is 5.88. The Bertz CT molecular complexity index is 355. The first-order valence-electron chi connectivity index (χ1n) is 5.82. The predicted molar refractivity (Wildman–Crippen MR) is 63.5 cm³/mol. The van der Waals surface area contributed by atoms with Gasteiger partial charge in [-0.25, -0.2) is 4.68 Å². The van der Waals surface area contributed by atoms with E-state index >= 15 is 0 Å². The van der Waals surface area contributed by atoms with Crippen LogP contribution in [0.4, 0.5) is 5.69 Å². The lowest BCUT2D eigenvalue weighted by atomic mass is 10.4. The highest BCUT2D eigenvalue weighted by molar-refractivity contribution is 5.52. The number of hydrogen-bond acceptors (Lipinski definition) is 4. The smallest absolute Gasteiger partial charge is 0.235 e. The fourth-order valence-corrected chi connectivity index (χ4v) is 2.10. The Balaban J connectivity index is 1.84. The van der Waals surface area contributed by atoms with Crippen LogP contribution in [0.5, 0.6) is 5.88 Å². The van der Waals surface area contributed by atoms with Crippen LogP contribution in [0.25, 0.3) is 0 Å². The molecular weight excluding hydrogens is 204 g/mol. The average Bonchev–Trinajstić information content (AvgIpc) is 2.82. The number of rotatable bonds is 4. The van der Waals surface area contributed by atoms with Crippen LogP contribution >= 0.6 is 0 Å². The molecule has 1 saturated heterocycles. The molecule has 2 N–H and O–H groups in total. The molecule has 0 unspecified atom stereocenters. The third-order valence-corrected chi connectivity index (χ3v) is 3.06. The molecule has 16 heavy (non-hydrogen) atoms. The fourth-order valence-electron chi connectivity index (χ4n) is 2.10. The van der Waals surface area contributed by atoms with Gasteiger partial charge < -0.3 is 10.5 Å². The maximum Gasteiger partial charge on any atom is 0.235 e. The van der Waals surface area contributed by atoms with Crippen molar-refractivity contribution < 1.29 is 4.74 Å². The second kappa shape index (κ2) is 4.74. The lowest BCUT2D eigenvalue weighted by Gasteiger charge is -2.15. The molecule has 0 spiro atoms. The summed E-state index contributed by atoms with van der Waals surface area (Å²) in [6.07, 6.45) is 2.62. The molecule has 2 heterocycles. The summed E-state index contributed by atoms with van der Waals surface area (Å²) >= 11 is 0. The quantitative estimate of drug-likeness (QED) is 0.821. The van der Waals surface area contributed by atoms with Gasteiger partial charge in [0.1, 0.15) is 12.3 Å². The largest absolute Gasteiger partial charge is 0.475 e. The number of likely N-dealkylation sites (tertiary alicyclic amines) is 1. The monoisotopic (exact) mass is 224 g/mol. The molecule has 0 aliphatic carbocycles. The minimum Gasteiger partial charge on any atom is -0.475 e. The maximum atomic E-state index is 5.88. The van der Waals surface area contributed by atoms with Crippen LogP contribution in [0.2, 0.25) is 0 Å². The molecule has 0 saturated carbocycles. The van der Waals surface area contributed by atoms with Crippen LogP contribution in [0.1, 0.15) is 18.5 Å². The van der Waals surface area contributed by atoms with Crippen molar-refractivity contribution in [2.45, 2.75) is 19.8 Å². The number of ether oxygens (including phenoxy) is 1. The zero-order chi connectivity index (χ0) is 11.5. The van der Waals surface area contributed by atoms with Crippen LogP contribution in [0, 0.1) is 6.92 Å². The highest BCUT2D eigenvalue weighted by atomic mass is 16.5. The fraction of sp³-hybridized carbons (Fsp3) is 0.727. The van der Waals surface area contributed by atoms with Gasteiger partial charge in [0.15, 0.2) is 0 Å². The van der Waals surface area contributed by atoms with Gasteiger partial charge in [-0.1, -0.05) is 0 Å². The van der Waals surface area contributed by atoms with Gasteiger partial charge in [0.25, 0.3) is 0 Å². The van der Waals surface area contributed by atoms with E-state index in [1.165, 1.54) is 25.9 Å². The molecule has 5 nitrogen and oxygen atoms in total. The van der Waals surface area contributed by atoms with E-state index in [-0.39, 0.29) is 0 Å². The van der Waals surface area contributed by atoms with Gasteiger partial charge in [-0.15, -0.1) is 0 Å². The highest BCUT2D eigenvalue weighted by Gasteiger charge is 2.13. The Hall–Kier alpha value is -1.23. The van der Waals surface area contributed by atoms with Gasteiger partial charge in [-0.2, -0.15) is 5.10 Å². The van der Waals surface area contributed by atoms with Gasteiger partial charge in [-0.05, 0) is 32.9 Å². The number of aromatic nitrogens is 2. The number of aryl methyl sites for hydroxylation is 2. The summed E-state index contributed by atoms with van der Waals surface area (Å²) in [6, 6.07) is 0.